The van der Waals surface area contributed by atoms with Crippen LogP contribution in [0.15, 0.2) is 77.9 Å². The molecule has 0 aliphatic rings. The van der Waals surface area contributed by atoms with Gasteiger partial charge in [-0.3, -0.25) is 9.59 Å². The van der Waals surface area contributed by atoms with Gasteiger partial charge in [0.2, 0.25) is 5.91 Å². The van der Waals surface area contributed by atoms with Crippen LogP contribution in [0.5, 0.6) is 5.75 Å². The Morgan fingerprint density at radius 1 is 0.969 bits per heavy atom. The van der Waals surface area contributed by atoms with Gasteiger partial charge in [0.15, 0.2) is 0 Å². The summed E-state index contributed by atoms with van der Waals surface area (Å²) in [4.78, 5) is 34.2. The van der Waals surface area contributed by atoms with Gasteiger partial charge >= 0.3 is 5.97 Å². The van der Waals surface area contributed by atoms with Crippen molar-refractivity contribution in [3.8, 4) is 5.75 Å². The van der Waals surface area contributed by atoms with Crippen LogP contribution in [0.4, 0.5) is 5.69 Å². The van der Waals surface area contributed by atoms with Crippen molar-refractivity contribution < 1.29 is 24.2 Å². The molecule has 0 bridgehead atoms. The van der Waals surface area contributed by atoms with Crippen molar-refractivity contribution in [2.75, 3.05) is 5.32 Å². The van der Waals surface area contributed by atoms with Gasteiger partial charge in [0.25, 0.3) is 5.91 Å². The lowest BCUT2D eigenvalue weighted by Crippen LogP contribution is -2.17. The van der Waals surface area contributed by atoms with Crippen molar-refractivity contribution in [3.05, 3.63) is 95.1 Å². The fraction of sp³-hybridized carbons (Fsp3) is 0.0833. The molecular formula is C24H21N3O5. The highest BCUT2D eigenvalue weighted by atomic mass is 16.5. The number of hydrazone groups is 1. The van der Waals surface area contributed by atoms with Crippen LogP contribution in [-0.2, 0) is 11.4 Å². The van der Waals surface area contributed by atoms with E-state index in [1.165, 1.54) is 19.2 Å². The second-order valence-corrected chi connectivity index (χ2v) is 6.82. The zero-order chi connectivity index (χ0) is 22.9. The molecule has 0 aromatic heterocycles. The monoisotopic (exact) mass is 431 g/mol. The predicted molar refractivity (Wildman–Crippen MR) is 120 cm³/mol. The van der Waals surface area contributed by atoms with Crippen LogP contribution < -0.4 is 15.5 Å². The number of benzene rings is 3. The summed E-state index contributed by atoms with van der Waals surface area (Å²) < 4.78 is 5.68. The van der Waals surface area contributed by atoms with Gasteiger partial charge in [-0.05, 0) is 71.8 Å². The van der Waals surface area contributed by atoms with E-state index in [1.54, 1.807) is 66.7 Å². The lowest BCUT2D eigenvalue weighted by Gasteiger charge is -2.07. The largest absolute Gasteiger partial charge is 0.489 e. The van der Waals surface area contributed by atoms with Crippen LogP contribution in [0.25, 0.3) is 0 Å². The Morgan fingerprint density at radius 2 is 1.69 bits per heavy atom. The van der Waals surface area contributed by atoms with Gasteiger partial charge in [0.1, 0.15) is 12.4 Å². The number of rotatable bonds is 8. The number of anilines is 1. The molecule has 2 amide bonds. The summed E-state index contributed by atoms with van der Waals surface area (Å²) in [5, 5.41) is 15.6. The quantitative estimate of drug-likeness (QED) is 0.371. The molecule has 0 aliphatic heterocycles. The van der Waals surface area contributed by atoms with E-state index in [4.69, 9.17) is 9.84 Å². The first-order valence-electron chi connectivity index (χ1n) is 9.67. The first-order valence-corrected chi connectivity index (χ1v) is 9.67. The molecule has 32 heavy (non-hydrogen) atoms. The number of ether oxygens (including phenoxy) is 1. The number of amides is 2. The highest BCUT2D eigenvalue weighted by Gasteiger charge is 2.05. The van der Waals surface area contributed by atoms with E-state index in [0.717, 1.165) is 11.1 Å². The number of carboxylic acids is 1. The topological polar surface area (TPSA) is 117 Å². The second kappa shape index (κ2) is 10.5. The molecule has 0 spiro atoms. The van der Waals surface area contributed by atoms with Gasteiger partial charge in [-0.25, -0.2) is 10.2 Å². The maximum atomic E-state index is 12.1. The summed E-state index contributed by atoms with van der Waals surface area (Å²) in [7, 11) is 0. The standard InChI is InChI=1S/C24H21N3O5/c1-16(28)26-21-9-7-19(8-10-21)23(29)27-25-14-17-5-11-22(12-6-17)32-15-18-3-2-4-20(13-18)24(30)31/h2-14H,15H2,1H3,(H,26,28)(H,27,29)(H,30,31). The maximum absolute atomic E-state index is 12.1. The minimum atomic E-state index is -0.982. The van der Waals surface area contributed by atoms with Crippen LogP contribution in [0, 0.1) is 0 Å². The van der Waals surface area contributed by atoms with Crippen molar-refractivity contribution in [1.82, 2.24) is 5.43 Å². The molecule has 0 atom stereocenters. The smallest absolute Gasteiger partial charge is 0.335 e. The molecule has 3 N–H and O–H groups in total. The molecule has 0 aliphatic carbocycles. The summed E-state index contributed by atoms with van der Waals surface area (Å²) >= 11 is 0. The lowest BCUT2D eigenvalue weighted by atomic mass is 10.1. The van der Waals surface area contributed by atoms with Crippen LogP contribution in [-0.4, -0.2) is 29.1 Å². The van der Waals surface area contributed by atoms with Crippen LogP contribution in [0.3, 0.4) is 0 Å². The van der Waals surface area contributed by atoms with Crippen molar-refractivity contribution >= 4 is 29.7 Å². The van der Waals surface area contributed by atoms with Gasteiger partial charge in [-0.2, -0.15) is 5.10 Å². The van der Waals surface area contributed by atoms with Gasteiger partial charge in [-0.15, -0.1) is 0 Å². The van der Waals surface area contributed by atoms with E-state index in [2.05, 4.69) is 15.8 Å². The number of nitrogens with one attached hydrogen (secondary N) is 2. The summed E-state index contributed by atoms with van der Waals surface area (Å²) in [6.07, 6.45) is 1.50. The third kappa shape index (κ3) is 6.53. The molecule has 162 valence electrons. The number of carbonyl (C=O) groups is 3. The normalized spacial score (nSPS) is 10.5. The Bertz CT molecular complexity index is 1140. The predicted octanol–water partition coefficient (Wildman–Crippen LogP) is 3.69. The number of carboxylic acid groups (broad SMARTS) is 1. The molecule has 0 radical (unpaired) electrons. The molecule has 3 aromatic carbocycles. The Morgan fingerprint density at radius 3 is 2.34 bits per heavy atom. The van der Waals surface area contributed by atoms with E-state index >= 15 is 0 Å². The zero-order valence-electron chi connectivity index (χ0n) is 17.2. The van der Waals surface area contributed by atoms with Crippen molar-refractivity contribution in [2.24, 2.45) is 5.10 Å². The first-order chi connectivity index (χ1) is 15.4. The lowest BCUT2D eigenvalue weighted by molar-refractivity contribution is -0.114. The van der Waals surface area contributed by atoms with E-state index in [9.17, 15) is 14.4 Å². The van der Waals surface area contributed by atoms with Gasteiger partial charge in [-0.1, -0.05) is 12.1 Å². The highest BCUT2D eigenvalue weighted by molar-refractivity contribution is 5.96. The van der Waals surface area contributed by atoms with Crippen LogP contribution in [0.1, 0.15) is 38.8 Å². The number of carbonyl (C=O) groups excluding carboxylic acids is 2. The summed E-state index contributed by atoms with van der Waals surface area (Å²) in [6.45, 7) is 1.65. The maximum Gasteiger partial charge on any atom is 0.335 e. The molecule has 3 rings (SSSR count). The van der Waals surface area contributed by atoms with E-state index in [-0.39, 0.29) is 24.0 Å². The number of aromatic carboxylic acids is 1. The molecule has 3 aromatic rings. The first kappa shape index (κ1) is 22.2. The third-order valence-corrected chi connectivity index (χ3v) is 4.31. The van der Waals surface area contributed by atoms with Crippen molar-refractivity contribution in [3.63, 3.8) is 0 Å². The molecule has 0 saturated carbocycles. The molecule has 0 heterocycles. The summed E-state index contributed by atoms with van der Waals surface area (Å²) in [6, 6.07) is 20.1. The Labute approximate surface area is 184 Å². The summed E-state index contributed by atoms with van der Waals surface area (Å²) in [5.41, 5.74) is 5.18. The van der Waals surface area contributed by atoms with Crippen LogP contribution in [0.2, 0.25) is 0 Å². The van der Waals surface area contributed by atoms with Crippen molar-refractivity contribution in [1.29, 1.82) is 0 Å². The molecule has 8 nitrogen and oxygen atoms in total. The SMILES string of the molecule is CC(=O)Nc1ccc(C(=O)NN=Cc2ccc(OCc3cccc(C(=O)O)c3)cc2)cc1. The molecule has 0 unspecified atom stereocenters. The minimum absolute atomic E-state index is 0.185. The van der Waals surface area contributed by atoms with Gasteiger partial charge in [0.05, 0.1) is 11.8 Å². The van der Waals surface area contributed by atoms with Gasteiger partial charge in [0, 0.05) is 18.2 Å². The fourth-order valence-corrected chi connectivity index (χ4v) is 2.75. The van der Waals surface area contributed by atoms with E-state index in [1.807, 2.05) is 0 Å². The number of hydrogen-bond acceptors (Lipinski definition) is 5. The average Bonchev–Trinajstić information content (AvgIpc) is 2.79. The third-order valence-electron chi connectivity index (χ3n) is 4.31. The van der Waals surface area contributed by atoms with Gasteiger partial charge < -0.3 is 15.2 Å². The molecular weight excluding hydrogens is 410 g/mol. The van der Waals surface area contributed by atoms with Crippen molar-refractivity contribution in [2.45, 2.75) is 13.5 Å². The van der Waals surface area contributed by atoms with E-state index < -0.39 is 5.97 Å². The molecule has 0 saturated heterocycles. The Kier molecular flexibility index (Phi) is 7.32. The van der Waals surface area contributed by atoms with Crippen LogP contribution >= 0.6 is 0 Å². The average molecular weight is 431 g/mol. The Balaban J connectivity index is 1.50. The fourth-order valence-electron chi connectivity index (χ4n) is 2.75. The number of nitrogens with zero attached hydrogens (tertiary/aromatic N) is 1. The Hall–Kier alpha value is -4.46. The second-order valence-electron chi connectivity index (χ2n) is 6.82. The zero-order valence-corrected chi connectivity index (χ0v) is 17.2. The number of hydrogen-bond donors (Lipinski definition) is 3. The minimum Gasteiger partial charge on any atom is -0.489 e. The molecule has 8 heteroatoms. The summed E-state index contributed by atoms with van der Waals surface area (Å²) in [5.74, 6) is -0.925. The highest BCUT2D eigenvalue weighted by Crippen LogP contribution is 2.14. The van der Waals surface area contributed by atoms with E-state index in [0.29, 0.717) is 17.0 Å². The molecule has 0 fully saturated rings.